The van der Waals surface area contributed by atoms with Gasteiger partial charge in [-0.05, 0) is 6.42 Å². The Hall–Kier alpha value is -1.42. The molecular formula is C9H8ClN3O. The number of fused-ring (bicyclic) bond motifs is 1. The van der Waals surface area contributed by atoms with Gasteiger partial charge in [-0.25, -0.2) is 9.97 Å². The molecule has 0 saturated carbocycles. The lowest BCUT2D eigenvalue weighted by Crippen LogP contribution is -1.91. The molecule has 0 spiro atoms. The quantitative estimate of drug-likeness (QED) is 0.770. The van der Waals surface area contributed by atoms with Crippen LogP contribution in [0.4, 0.5) is 0 Å². The van der Waals surface area contributed by atoms with Gasteiger partial charge in [-0.1, -0.05) is 18.5 Å². The van der Waals surface area contributed by atoms with E-state index < -0.39 is 0 Å². The largest absolute Gasteiger partial charge is 0.330 e. The van der Waals surface area contributed by atoms with E-state index in [0.717, 1.165) is 23.8 Å². The third-order valence-corrected chi connectivity index (χ3v) is 2.41. The molecule has 0 aromatic carbocycles. The molecule has 72 valence electrons. The summed E-state index contributed by atoms with van der Waals surface area (Å²) in [6.45, 7) is 1.97. The van der Waals surface area contributed by atoms with Crippen LogP contribution >= 0.6 is 11.6 Å². The molecule has 0 fully saturated rings. The molecule has 0 saturated heterocycles. The minimum absolute atomic E-state index is 0.324. The van der Waals surface area contributed by atoms with Gasteiger partial charge in [0.1, 0.15) is 17.1 Å². The van der Waals surface area contributed by atoms with Crippen molar-refractivity contribution in [2.75, 3.05) is 0 Å². The first kappa shape index (κ1) is 9.15. The molecule has 2 aromatic heterocycles. The maximum Gasteiger partial charge on any atom is 0.153 e. The molecule has 0 unspecified atom stereocenters. The summed E-state index contributed by atoms with van der Waals surface area (Å²) in [5.41, 5.74) is 1.89. The van der Waals surface area contributed by atoms with Crippen molar-refractivity contribution < 1.29 is 4.79 Å². The first-order valence-electron chi connectivity index (χ1n) is 4.24. The van der Waals surface area contributed by atoms with Gasteiger partial charge in [0, 0.05) is 0 Å². The van der Waals surface area contributed by atoms with Crippen molar-refractivity contribution in [3.8, 4) is 0 Å². The van der Waals surface area contributed by atoms with Gasteiger partial charge in [0.15, 0.2) is 6.29 Å². The summed E-state index contributed by atoms with van der Waals surface area (Å²) < 4.78 is 0. The molecule has 1 N–H and O–H groups in total. The van der Waals surface area contributed by atoms with E-state index in [2.05, 4.69) is 15.0 Å². The number of nitrogens with one attached hydrogen (secondary N) is 1. The van der Waals surface area contributed by atoms with Crippen LogP contribution in [0.3, 0.4) is 0 Å². The Labute approximate surface area is 85.3 Å². The SMILES string of the molecule is CCc1ncnc2[nH]c(Cl)c(C=O)c12. The van der Waals surface area contributed by atoms with Crippen molar-refractivity contribution in [3.63, 3.8) is 0 Å². The third-order valence-electron chi connectivity index (χ3n) is 2.11. The molecule has 2 heterocycles. The summed E-state index contributed by atoms with van der Waals surface area (Å²) in [4.78, 5) is 21.8. The van der Waals surface area contributed by atoms with E-state index in [1.165, 1.54) is 6.33 Å². The fourth-order valence-corrected chi connectivity index (χ4v) is 1.69. The number of hydrogen-bond acceptors (Lipinski definition) is 3. The molecule has 0 aliphatic carbocycles. The van der Waals surface area contributed by atoms with Gasteiger partial charge in [-0.3, -0.25) is 4.79 Å². The lowest BCUT2D eigenvalue weighted by atomic mass is 10.2. The molecule has 4 nitrogen and oxygen atoms in total. The highest BCUT2D eigenvalue weighted by Crippen LogP contribution is 2.25. The number of aryl methyl sites for hydroxylation is 1. The summed E-state index contributed by atoms with van der Waals surface area (Å²) in [7, 11) is 0. The third kappa shape index (κ3) is 1.19. The van der Waals surface area contributed by atoms with Crippen LogP contribution in [0.25, 0.3) is 11.0 Å². The number of aromatic nitrogens is 3. The number of halogens is 1. The lowest BCUT2D eigenvalue weighted by molar-refractivity contribution is 0.112. The number of nitrogens with zero attached hydrogens (tertiary/aromatic N) is 2. The summed E-state index contributed by atoms with van der Waals surface area (Å²) in [5, 5.41) is 1.06. The van der Waals surface area contributed by atoms with Gasteiger partial charge in [0.2, 0.25) is 0 Å². The van der Waals surface area contributed by atoms with Crippen LogP contribution in [0.15, 0.2) is 6.33 Å². The minimum Gasteiger partial charge on any atom is -0.330 e. The zero-order valence-electron chi connectivity index (χ0n) is 7.54. The molecule has 2 aromatic rings. The summed E-state index contributed by atoms with van der Waals surface area (Å²) in [5.74, 6) is 0. The fourth-order valence-electron chi connectivity index (χ4n) is 1.46. The topological polar surface area (TPSA) is 58.6 Å². The van der Waals surface area contributed by atoms with Gasteiger partial charge < -0.3 is 4.98 Å². The first-order chi connectivity index (χ1) is 6.77. The van der Waals surface area contributed by atoms with Crippen LogP contribution in [-0.4, -0.2) is 21.2 Å². The predicted molar refractivity (Wildman–Crippen MR) is 53.7 cm³/mol. The zero-order valence-corrected chi connectivity index (χ0v) is 8.30. The van der Waals surface area contributed by atoms with Crippen molar-refractivity contribution in [1.82, 2.24) is 15.0 Å². The Balaban J connectivity index is 2.89. The second-order valence-electron chi connectivity index (χ2n) is 2.87. The summed E-state index contributed by atoms with van der Waals surface area (Å²) in [6.07, 6.45) is 2.93. The highest BCUT2D eigenvalue weighted by molar-refractivity contribution is 6.33. The van der Waals surface area contributed by atoms with E-state index >= 15 is 0 Å². The first-order valence-corrected chi connectivity index (χ1v) is 4.62. The molecule has 0 aliphatic heterocycles. The number of H-pyrrole nitrogens is 1. The Kier molecular flexibility index (Phi) is 2.21. The van der Waals surface area contributed by atoms with Crippen LogP contribution < -0.4 is 0 Å². The monoisotopic (exact) mass is 209 g/mol. The van der Waals surface area contributed by atoms with Gasteiger partial charge >= 0.3 is 0 Å². The molecule has 0 atom stereocenters. The Morgan fingerprint density at radius 1 is 1.57 bits per heavy atom. The van der Waals surface area contributed by atoms with Crippen LogP contribution in [0.5, 0.6) is 0 Å². The standard InChI is InChI=1S/C9H8ClN3O/c1-2-6-7-5(3-14)8(10)13-9(7)12-4-11-6/h3-4H,2H2,1H3,(H,11,12,13). The highest BCUT2D eigenvalue weighted by atomic mass is 35.5. The summed E-state index contributed by atoms with van der Waals surface area (Å²) in [6, 6.07) is 0. The van der Waals surface area contributed by atoms with Crippen molar-refractivity contribution >= 4 is 28.9 Å². The van der Waals surface area contributed by atoms with Crippen LogP contribution in [0.1, 0.15) is 23.0 Å². The highest BCUT2D eigenvalue weighted by Gasteiger charge is 2.13. The minimum atomic E-state index is 0.324. The second kappa shape index (κ2) is 3.38. The van der Waals surface area contributed by atoms with Crippen molar-refractivity contribution in [2.24, 2.45) is 0 Å². The Morgan fingerprint density at radius 2 is 2.36 bits per heavy atom. The molecule has 0 radical (unpaired) electrons. The van der Waals surface area contributed by atoms with Crippen LogP contribution in [-0.2, 0) is 6.42 Å². The molecular weight excluding hydrogens is 202 g/mol. The van der Waals surface area contributed by atoms with Crippen molar-refractivity contribution in [1.29, 1.82) is 0 Å². The van der Waals surface area contributed by atoms with Crippen LogP contribution in [0.2, 0.25) is 5.15 Å². The number of rotatable bonds is 2. The van der Waals surface area contributed by atoms with Gasteiger partial charge in [-0.2, -0.15) is 0 Å². The zero-order chi connectivity index (χ0) is 10.1. The number of carbonyl (C=O) groups is 1. The maximum absolute atomic E-state index is 10.8. The van der Waals surface area contributed by atoms with Crippen molar-refractivity contribution in [2.45, 2.75) is 13.3 Å². The molecule has 0 aliphatic rings. The molecule has 0 amide bonds. The number of carbonyl (C=O) groups excluding carboxylic acids is 1. The molecule has 5 heteroatoms. The van der Waals surface area contributed by atoms with Crippen LogP contribution in [0, 0.1) is 0 Å². The van der Waals surface area contributed by atoms with E-state index in [-0.39, 0.29) is 0 Å². The van der Waals surface area contributed by atoms with Gasteiger partial charge in [0.05, 0.1) is 16.6 Å². The predicted octanol–water partition coefficient (Wildman–Crippen LogP) is 1.99. The van der Waals surface area contributed by atoms with E-state index in [1.54, 1.807) is 0 Å². The Morgan fingerprint density at radius 3 is 3.00 bits per heavy atom. The van der Waals surface area contributed by atoms with E-state index in [9.17, 15) is 4.79 Å². The van der Waals surface area contributed by atoms with E-state index in [4.69, 9.17) is 11.6 Å². The fraction of sp³-hybridized carbons (Fsp3) is 0.222. The molecule has 2 rings (SSSR count). The maximum atomic E-state index is 10.8. The lowest BCUT2D eigenvalue weighted by Gasteiger charge is -1.96. The molecule has 14 heavy (non-hydrogen) atoms. The average molecular weight is 210 g/mol. The van der Waals surface area contributed by atoms with E-state index in [1.807, 2.05) is 6.92 Å². The van der Waals surface area contributed by atoms with Crippen molar-refractivity contribution in [3.05, 3.63) is 22.7 Å². The smallest absolute Gasteiger partial charge is 0.153 e. The van der Waals surface area contributed by atoms with Gasteiger partial charge in [0.25, 0.3) is 0 Å². The number of hydrogen-bond donors (Lipinski definition) is 1. The number of aldehydes is 1. The molecule has 0 bridgehead atoms. The number of aromatic amines is 1. The normalized spacial score (nSPS) is 10.7. The summed E-state index contributed by atoms with van der Waals surface area (Å²) >= 11 is 5.84. The average Bonchev–Trinajstić information content (AvgIpc) is 2.52. The Bertz CT molecular complexity index is 492. The second-order valence-corrected chi connectivity index (χ2v) is 3.25. The van der Waals surface area contributed by atoms with E-state index in [0.29, 0.717) is 16.4 Å². The van der Waals surface area contributed by atoms with Gasteiger partial charge in [-0.15, -0.1) is 0 Å².